The second-order valence-corrected chi connectivity index (χ2v) is 7.20. The SMILES string of the molecule is Cc1c(-c2ccc(C(C)(C)C)cc2)nc2n1CC(N)CC2. The highest BCUT2D eigenvalue weighted by Crippen LogP contribution is 2.29. The van der Waals surface area contributed by atoms with Crippen LogP contribution in [0.1, 0.15) is 44.3 Å². The van der Waals surface area contributed by atoms with Crippen molar-refractivity contribution < 1.29 is 0 Å². The Balaban J connectivity index is 1.98. The Hall–Kier alpha value is -1.61. The lowest BCUT2D eigenvalue weighted by Crippen LogP contribution is -2.32. The minimum atomic E-state index is 0.188. The minimum Gasteiger partial charge on any atom is -0.330 e. The fraction of sp³-hybridized carbons (Fsp3) is 0.500. The summed E-state index contributed by atoms with van der Waals surface area (Å²) in [4.78, 5) is 4.85. The maximum Gasteiger partial charge on any atom is 0.109 e. The van der Waals surface area contributed by atoms with E-state index in [9.17, 15) is 0 Å². The van der Waals surface area contributed by atoms with Crippen LogP contribution in [0.3, 0.4) is 0 Å². The summed E-state index contributed by atoms with van der Waals surface area (Å²) in [6.45, 7) is 9.77. The van der Waals surface area contributed by atoms with Gasteiger partial charge in [-0.3, -0.25) is 0 Å². The van der Waals surface area contributed by atoms with E-state index in [1.165, 1.54) is 22.6 Å². The van der Waals surface area contributed by atoms with Gasteiger partial charge in [0.1, 0.15) is 5.82 Å². The zero-order valence-electron chi connectivity index (χ0n) is 13.5. The third kappa shape index (κ3) is 2.62. The number of imidazole rings is 1. The molecule has 112 valence electrons. The summed E-state index contributed by atoms with van der Waals surface area (Å²) in [6, 6.07) is 9.10. The third-order valence-corrected chi connectivity index (χ3v) is 4.48. The zero-order chi connectivity index (χ0) is 15.2. The lowest BCUT2D eigenvalue weighted by molar-refractivity contribution is 0.448. The van der Waals surface area contributed by atoms with Crippen molar-refractivity contribution >= 4 is 0 Å². The number of hydrogen-bond donors (Lipinski definition) is 1. The maximum absolute atomic E-state index is 6.09. The van der Waals surface area contributed by atoms with Crippen LogP contribution in [-0.2, 0) is 18.4 Å². The first-order valence-corrected chi connectivity index (χ1v) is 7.79. The van der Waals surface area contributed by atoms with E-state index in [0.717, 1.165) is 25.1 Å². The summed E-state index contributed by atoms with van der Waals surface area (Å²) >= 11 is 0. The molecule has 3 nitrogen and oxygen atoms in total. The molecule has 3 rings (SSSR count). The smallest absolute Gasteiger partial charge is 0.109 e. The summed E-state index contributed by atoms with van der Waals surface area (Å²) < 4.78 is 2.29. The molecule has 0 radical (unpaired) electrons. The summed E-state index contributed by atoms with van der Waals surface area (Å²) in [7, 11) is 0. The largest absolute Gasteiger partial charge is 0.330 e. The first-order chi connectivity index (χ1) is 9.86. The Kier molecular flexibility index (Phi) is 3.40. The standard InChI is InChI=1S/C18H25N3/c1-12-17(20-16-10-9-15(19)11-21(12)16)13-5-7-14(8-6-13)18(2,3)4/h5-8,15H,9-11,19H2,1-4H3. The van der Waals surface area contributed by atoms with Gasteiger partial charge in [-0.25, -0.2) is 4.98 Å². The molecule has 0 saturated carbocycles. The van der Waals surface area contributed by atoms with Crippen LogP contribution in [0.4, 0.5) is 0 Å². The van der Waals surface area contributed by atoms with Crippen LogP contribution >= 0.6 is 0 Å². The summed E-state index contributed by atoms with van der Waals surface area (Å²) in [5.74, 6) is 1.18. The van der Waals surface area contributed by atoms with Crippen LogP contribution in [0, 0.1) is 6.92 Å². The number of rotatable bonds is 1. The number of fused-ring (bicyclic) bond motifs is 1. The molecule has 1 aliphatic rings. The molecule has 1 unspecified atom stereocenters. The van der Waals surface area contributed by atoms with E-state index < -0.39 is 0 Å². The van der Waals surface area contributed by atoms with Crippen molar-refractivity contribution in [3.63, 3.8) is 0 Å². The summed E-state index contributed by atoms with van der Waals surface area (Å²) in [6.07, 6.45) is 2.03. The molecule has 21 heavy (non-hydrogen) atoms. The van der Waals surface area contributed by atoms with Crippen molar-refractivity contribution in [1.82, 2.24) is 9.55 Å². The van der Waals surface area contributed by atoms with Crippen LogP contribution in [0.15, 0.2) is 24.3 Å². The predicted molar refractivity (Wildman–Crippen MR) is 87.4 cm³/mol. The van der Waals surface area contributed by atoms with E-state index in [-0.39, 0.29) is 11.5 Å². The molecule has 1 aromatic carbocycles. The highest BCUT2D eigenvalue weighted by atomic mass is 15.1. The van der Waals surface area contributed by atoms with Crippen molar-refractivity contribution in [2.75, 3.05) is 0 Å². The Morgan fingerprint density at radius 3 is 2.48 bits per heavy atom. The molecular formula is C18H25N3. The third-order valence-electron chi connectivity index (χ3n) is 4.48. The van der Waals surface area contributed by atoms with Crippen LogP contribution in [0.25, 0.3) is 11.3 Å². The maximum atomic E-state index is 6.09. The van der Waals surface area contributed by atoms with Crippen molar-refractivity contribution in [2.24, 2.45) is 5.73 Å². The fourth-order valence-electron chi connectivity index (χ4n) is 3.07. The van der Waals surface area contributed by atoms with E-state index in [2.05, 4.69) is 56.5 Å². The van der Waals surface area contributed by atoms with Gasteiger partial charge in [0, 0.05) is 30.3 Å². The zero-order valence-corrected chi connectivity index (χ0v) is 13.5. The molecule has 0 aliphatic carbocycles. The number of benzene rings is 1. The molecule has 3 heteroatoms. The van der Waals surface area contributed by atoms with Gasteiger partial charge in [-0.1, -0.05) is 45.0 Å². The Morgan fingerprint density at radius 2 is 1.86 bits per heavy atom. The number of aromatic nitrogens is 2. The normalized spacial score (nSPS) is 18.6. The lowest BCUT2D eigenvalue weighted by atomic mass is 9.86. The first kappa shape index (κ1) is 14.3. The van der Waals surface area contributed by atoms with Gasteiger partial charge in [0.25, 0.3) is 0 Å². The van der Waals surface area contributed by atoms with Crippen molar-refractivity contribution in [2.45, 2.75) is 58.5 Å². The fourth-order valence-corrected chi connectivity index (χ4v) is 3.07. The average Bonchev–Trinajstić information content (AvgIpc) is 2.75. The molecule has 1 aliphatic heterocycles. The molecule has 1 aromatic heterocycles. The topological polar surface area (TPSA) is 43.8 Å². The van der Waals surface area contributed by atoms with Gasteiger partial charge < -0.3 is 10.3 Å². The molecule has 0 saturated heterocycles. The Morgan fingerprint density at radius 1 is 1.19 bits per heavy atom. The lowest BCUT2D eigenvalue weighted by Gasteiger charge is -2.21. The van der Waals surface area contributed by atoms with Crippen LogP contribution in [0.5, 0.6) is 0 Å². The van der Waals surface area contributed by atoms with Gasteiger partial charge in [-0.05, 0) is 24.3 Å². The Bertz CT molecular complexity index is 644. The molecule has 0 amide bonds. The number of nitrogens with two attached hydrogens (primary N) is 1. The average molecular weight is 283 g/mol. The molecular weight excluding hydrogens is 258 g/mol. The van der Waals surface area contributed by atoms with Gasteiger partial charge in [-0.15, -0.1) is 0 Å². The van der Waals surface area contributed by atoms with E-state index in [4.69, 9.17) is 10.7 Å². The quantitative estimate of drug-likeness (QED) is 0.871. The number of nitrogens with zero attached hydrogens (tertiary/aromatic N) is 2. The van der Waals surface area contributed by atoms with E-state index in [1.807, 2.05) is 0 Å². The molecule has 0 spiro atoms. The van der Waals surface area contributed by atoms with Crippen molar-refractivity contribution in [3.8, 4) is 11.3 Å². The summed E-state index contributed by atoms with van der Waals surface area (Å²) in [5.41, 5.74) is 11.2. The Labute approximate surface area is 127 Å². The van der Waals surface area contributed by atoms with E-state index >= 15 is 0 Å². The number of hydrogen-bond acceptors (Lipinski definition) is 2. The van der Waals surface area contributed by atoms with Crippen LogP contribution in [-0.4, -0.2) is 15.6 Å². The molecule has 2 heterocycles. The summed E-state index contributed by atoms with van der Waals surface area (Å²) in [5, 5.41) is 0. The molecule has 0 bridgehead atoms. The van der Waals surface area contributed by atoms with Gasteiger partial charge in [0.2, 0.25) is 0 Å². The van der Waals surface area contributed by atoms with E-state index in [0.29, 0.717) is 0 Å². The monoisotopic (exact) mass is 283 g/mol. The van der Waals surface area contributed by atoms with Crippen LogP contribution < -0.4 is 5.73 Å². The molecule has 2 N–H and O–H groups in total. The predicted octanol–water partition coefficient (Wildman–Crippen LogP) is 3.43. The highest BCUT2D eigenvalue weighted by molar-refractivity contribution is 5.63. The highest BCUT2D eigenvalue weighted by Gasteiger charge is 2.22. The first-order valence-electron chi connectivity index (χ1n) is 7.79. The van der Waals surface area contributed by atoms with Gasteiger partial charge in [0.15, 0.2) is 0 Å². The van der Waals surface area contributed by atoms with Crippen LogP contribution in [0.2, 0.25) is 0 Å². The van der Waals surface area contributed by atoms with Gasteiger partial charge in [0.05, 0.1) is 5.69 Å². The van der Waals surface area contributed by atoms with Crippen molar-refractivity contribution in [3.05, 3.63) is 41.3 Å². The molecule has 2 aromatic rings. The van der Waals surface area contributed by atoms with E-state index in [1.54, 1.807) is 0 Å². The number of aryl methyl sites for hydroxylation is 1. The van der Waals surface area contributed by atoms with Gasteiger partial charge in [-0.2, -0.15) is 0 Å². The van der Waals surface area contributed by atoms with Gasteiger partial charge >= 0.3 is 0 Å². The second kappa shape index (κ2) is 4.99. The molecule has 1 atom stereocenters. The second-order valence-electron chi connectivity index (χ2n) is 7.20. The van der Waals surface area contributed by atoms with Crippen molar-refractivity contribution in [1.29, 1.82) is 0 Å². The molecule has 0 fully saturated rings. The minimum absolute atomic E-state index is 0.188.